The average Bonchev–Trinajstić information content (AvgIpc) is 2.76. The van der Waals surface area contributed by atoms with Crippen LogP contribution in [0.4, 0.5) is 0 Å². The standard InChI is InChI=1S/C10H9BrClN3O2S2/c1-6-3-13-9(18-6)5-15-19(16,17)8-2-7(11)4-14-10(8)12/h2-4,15H,5H2,1H3. The summed E-state index contributed by atoms with van der Waals surface area (Å²) in [6.07, 6.45) is 3.13. The lowest BCUT2D eigenvalue weighted by Gasteiger charge is -2.06. The molecule has 0 aliphatic carbocycles. The minimum Gasteiger partial charge on any atom is -0.248 e. The first kappa shape index (κ1) is 14.9. The van der Waals surface area contributed by atoms with Gasteiger partial charge in [-0.3, -0.25) is 0 Å². The third-order valence-corrected chi connectivity index (χ3v) is 5.32. The van der Waals surface area contributed by atoms with Crippen LogP contribution in [-0.4, -0.2) is 18.4 Å². The van der Waals surface area contributed by atoms with Gasteiger partial charge >= 0.3 is 0 Å². The van der Waals surface area contributed by atoms with Gasteiger partial charge in [-0.1, -0.05) is 11.6 Å². The molecule has 2 aromatic heterocycles. The number of nitrogens with zero attached hydrogens (tertiary/aromatic N) is 2. The second kappa shape index (κ2) is 5.84. The molecule has 0 bridgehead atoms. The molecule has 0 saturated heterocycles. The van der Waals surface area contributed by atoms with E-state index in [9.17, 15) is 8.42 Å². The van der Waals surface area contributed by atoms with Gasteiger partial charge in [-0.05, 0) is 28.9 Å². The maximum Gasteiger partial charge on any atom is 0.244 e. The molecule has 9 heteroatoms. The first-order valence-corrected chi connectivity index (χ1v) is 8.57. The number of aromatic nitrogens is 2. The minimum atomic E-state index is -3.71. The van der Waals surface area contributed by atoms with Crippen LogP contribution in [0.2, 0.25) is 5.15 Å². The van der Waals surface area contributed by atoms with Gasteiger partial charge in [-0.25, -0.2) is 23.1 Å². The van der Waals surface area contributed by atoms with E-state index >= 15 is 0 Å². The SMILES string of the molecule is Cc1cnc(CNS(=O)(=O)c2cc(Br)cnc2Cl)s1. The number of halogens is 2. The number of nitrogens with one attached hydrogen (secondary N) is 1. The molecule has 102 valence electrons. The van der Waals surface area contributed by atoms with E-state index < -0.39 is 10.0 Å². The van der Waals surface area contributed by atoms with Crippen molar-refractivity contribution in [3.8, 4) is 0 Å². The number of hydrogen-bond acceptors (Lipinski definition) is 5. The molecule has 0 aromatic carbocycles. The third-order valence-electron chi connectivity index (χ3n) is 2.15. The van der Waals surface area contributed by atoms with E-state index in [1.54, 1.807) is 6.20 Å². The molecule has 1 N–H and O–H groups in total. The highest BCUT2D eigenvalue weighted by Crippen LogP contribution is 2.23. The number of sulfonamides is 1. The van der Waals surface area contributed by atoms with Crippen LogP contribution in [0.25, 0.3) is 0 Å². The minimum absolute atomic E-state index is 0.0585. The highest BCUT2D eigenvalue weighted by atomic mass is 79.9. The van der Waals surface area contributed by atoms with Crippen molar-refractivity contribution in [1.82, 2.24) is 14.7 Å². The van der Waals surface area contributed by atoms with Gasteiger partial charge in [-0.15, -0.1) is 11.3 Å². The van der Waals surface area contributed by atoms with Crippen LogP contribution in [0.15, 0.2) is 27.8 Å². The van der Waals surface area contributed by atoms with E-state index in [1.807, 2.05) is 6.92 Å². The fourth-order valence-corrected chi connectivity index (χ4v) is 4.06. The van der Waals surface area contributed by atoms with Gasteiger partial charge in [0, 0.05) is 21.7 Å². The highest BCUT2D eigenvalue weighted by molar-refractivity contribution is 9.10. The van der Waals surface area contributed by atoms with E-state index in [1.165, 1.54) is 23.6 Å². The predicted molar refractivity (Wildman–Crippen MR) is 77.8 cm³/mol. The van der Waals surface area contributed by atoms with Crippen LogP contribution in [0.5, 0.6) is 0 Å². The Labute approximate surface area is 128 Å². The van der Waals surface area contributed by atoms with Crippen molar-refractivity contribution in [2.24, 2.45) is 0 Å². The Kier molecular flexibility index (Phi) is 4.57. The first-order chi connectivity index (χ1) is 8.88. The Balaban J connectivity index is 2.20. The number of thiazole rings is 1. The van der Waals surface area contributed by atoms with Crippen LogP contribution in [0.1, 0.15) is 9.88 Å². The number of aryl methyl sites for hydroxylation is 1. The van der Waals surface area contributed by atoms with Crippen molar-refractivity contribution in [2.75, 3.05) is 0 Å². The molecule has 0 spiro atoms. The van der Waals surface area contributed by atoms with Crippen LogP contribution >= 0.6 is 38.9 Å². The summed E-state index contributed by atoms with van der Waals surface area (Å²) >= 11 is 10.4. The quantitative estimate of drug-likeness (QED) is 0.825. The van der Waals surface area contributed by atoms with Gasteiger partial charge in [0.15, 0.2) is 0 Å². The lowest BCUT2D eigenvalue weighted by Crippen LogP contribution is -2.23. The van der Waals surface area contributed by atoms with E-state index in [2.05, 4.69) is 30.6 Å². The molecule has 2 aromatic rings. The Bertz CT molecular complexity index is 703. The van der Waals surface area contributed by atoms with Gasteiger partial charge in [0.05, 0.1) is 6.54 Å². The fraction of sp³-hybridized carbons (Fsp3) is 0.200. The normalized spacial score (nSPS) is 11.7. The summed E-state index contributed by atoms with van der Waals surface area (Å²) in [6.45, 7) is 2.04. The molecule has 5 nitrogen and oxygen atoms in total. The highest BCUT2D eigenvalue weighted by Gasteiger charge is 2.19. The topological polar surface area (TPSA) is 72.0 Å². The van der Waals surface area contributed by atoms with Gasteiger partial charge in [0.1, 0.15) is 15.1 Å². The zero-order chi connectivity index (χ0) is 14.0. The van der Waals surface area contributed by atoms with Gasteiger partial charge < -0.3 is 0 Å². The molecule has 19 heavy (non-hydrogen) atoms. The molecule has 2 heterocycles. The summed E-state index contributed by atoms with van der Waals surface area (Å²) in [5.41, 5.74) is 0. The maximum atomic E-state index is 12.1. The Morgan fingerprint density at radius 2 is 2.16 bits per heavy atom. The van der Waals surface area contributed by atoms with E-state index in [0.717, 1.165) is 4.88 Å². The summed E-state index contributed by atoms with van der Waals surface area (Å²) in [5.74, 6) is 0. The second-order valence-corrected chi connectivity index (χ2v) is 7.96. The van der Waals surface area contributed by atoms with Crippen molar-refractivity contribution < 1.29 is 8.42 Å². The summed E-state index contributed by atoms with van der Waals surface area (Å²) in [5, 5.41) is 0.631. The summed E-state index contributed by atoms with van der Waals surface area (Å²) in [4.78, 5) is 8.84. The average molecular weight is 383 g/mol. The molecular formula is C10H9BrClN3O2S2. The summed E-state index contributed by atoms with van der Waals surface area (Å²) < 4.78 is 27.2. The first-order valence-electron chi connectivity index (χ1n) is 5.10. The molecule has 0 radical (unpaired) electrons. The molecular weight excluding hydrogens is 374 g/mol. The lowest BCUT2D eigenvalue weighted by molar-refractivity contribution is 0.580. The summed E-state index contributed by atoms with van der Waals surface area (Å²) in [6, 6.07) is 1.41. The smallest absolute Gasteiger partial charge is 0.244 e. The molecule has 0 amide bonds. The van der Waals surface area contributed by atoms with Crippen molar-refractivity contribution >= 4 is 48.9 Å². The van der Waals surface area contributed by atoms with Gasteiger partial charge in [0.2, 0.25) is 10.0 Å². The molecule has 0 atom stereocenters. The predicted octanol–water partition coefficient (Wildman–Crippen LogP) is 2.74. The fourth-order valence-electron chi connectivity index (χ4n) is 1.31. The van der Waals surface area contributed by atoms with E-state index in [4.69, 9.17) is 11.6 Å². The number of rotatable bonds is 4. The largest absolute Gasteiger partial charge is 0.248 e. The van der Waals surface area contributed by atoms with E-state index in [-0.39, 0.29) is 16.6 Å². The molecule has 0 saturated carbocycles. The molecule has 0 aliphatic rings. The van der Waals surface area contributed by atoms with Crippen molar-refractivity contribution in [3.05, 3.63) is 38.0 Å². The van der Waals surface area contributed by atoms with Crippen LogP contribution in [0.3, 0.4) is 0 Å². The number of pyridine rings is 1. The lowest BCUT2D eigenvalue weighted by atomic mass is 10.5. The molecule has 2 rings (SSSR count). The Morgan fingerprint density at radius 3 is 2.79 bits per heavy atom. The Morgan fingerprint density at radius 1 is 1.42 bits per heavy atom. The van der Waals surface area contributed by atoms with Crippen molar-refractivity contribution in [3.63, 3.8) is 0 Å². The van der Waals surface area contributed by atoms with Crippen LogP contribution < -0.4 is 4.72 Å². The second-order valence-electron chi connectivity index (χ2n) is 3.63. The van der Waals surface area contributed by atoms with Crippen molar-refractivity contribution in [2.45, 2.75) is 18.4 Å². The third kappa shape index (κ3) is 3.73. The zero-order valence-corrected chi connectivity index (χ0v) is 13.7. The molecule has 0 fully saturated rings. The number of hydrogen-bond donors (Lipinski definition) is 1. The van der Waals surface area contributed by atoms with Crippen LogP contribution in [0, 0.1) is 6.92 Å². The molecule has 0 aliphatic heterocycles. The maximum absolute atomic E-state index is 12.1. The molecule has 0 unspecified atom stereocenters. The van der Waals surface area contributed by atoms with E-state index in [0.29, 0.717) is 9.48 Å². The summed E-state index contributed by atoms with van der Waals surface area (Å²) in [7, 11) is -3.71. The van der Waals surface area contributed by atoms with Gasteiger partial charge in [-0.2, -0.15) is 0 Å². The monoisotopic (exact) mass is 381 g/mol. The van der Waals surface area contributed by atoms with Crippen molar-refractivity contribution in [1.29, 1.82) is 0 Å². The zero-order valence-electron chi connectivity index (χ0n) is 9.72. The Hall–Kier alpha value is -0.540. The van der Waals surface area contributed by atoms with Crippen LogP contribution in [-0.2, 0) is 16.6 Å². The van der Waals surface area contributed by atoms with Gasteiger partial charge in [0.25, 0.3) is 0 Å².